The number of carbonyl (C=O) groups is 2. The first-order valence-corrected chi connectivity index (χ1v) is 7.76. The minimum absolute atomic E-state index is 0. The van der Waals surface area contributed by atoms with E-state index in [-0.39, 0.29) is 35.3 Å². The largest absolute Gasteiger partial charge is 1.00 e. The summed E-state index contributed by atoms with van der Waals surface area (Å²) in [6, 6.07) is 7.24. The van der Waals surface area contributed by atoms with Crippen molar-refractivity contribution in [1.82, 2.24) is 4.57 Å². The number of hydrogen-bond donors (Lipinski definition) is 0. The molecule has 3 rings (SSSR count). The van der Waals surface area contributed by atoms with Crippen LogP contribution in [0.3, 0.4) is 0 Å². The van der Waals surface area contributed by atoms with E-state index in [9.17, 15) is 19.1 Å². The Morgan fingerprint density at radius 1 is 1.29 bits per heavy atom. The van der Waals surface area contributed by atoms with Gasteiger partial charge in [0.05, 0.1) is 11.7 Å². The first-order chi connectivity index (χ1) is 11.0. The summed E-state index contributed by atoms with van der Waals surface area (Å²) >= 11 is 0. The van der Waals surface area contributed by atoms with Gasteiger partial charge in [0.1, 0.15) is 5.82 Å². The van der Waals surface area contributed by atoms with Crippen LogP contribution in [0.4, 0.5) is 4.39 Å². The number of ketones is 1. The molecule has 0 amide bonds. The van der Waals surface area contributed by atoms with Gasteiger partial charge in [-0.1, -0.05) is 13.3 Å². The predicted octanol–water partition coefficient (Wildman–Crippen LogP) is -0.948. The first kappa shape index (κ1) is 18.9. The molecule has 0 saturated carbocycles. The molecule has 0 fully saturated rings. The molecule has 0 saturated heterocycles. The van der Waals surface area contributed by atoms with Crippen LogP contribution in [0.25, 0.3) is 0 Å². The van der Waals surface area contributed by atoms with Crippen molar-refractivity contribution < 1.29 is 48.6 Å². The van der Waals surface area contributed by atoms with Gasteiger partial charge < -0.3 is 14.5 Å². The van der Waals surface area contributed by atoms with Crippen LogP contribution in [0.5, 0.6) is 0 Å². The molecule has 1 unspecified atom stereocenters. The molecule has 0 N–H and O–H groups in total. The van der Waals surface area contributed by atoms with Gasteiger partial charge in [0.2, 0.25) is 5.78 Å². The fraction of sp³-hybridized carbons (Fsp3) is 0.333. The summed E-state index contributed by atoms with van der Waals surface area (Å²) in [5, 5.41) is 11.3. The van der Waals surface area contributed by atoms with Crippen molar-refractivity contribution in [3.63, 3.8) is 0 Å². The second-order valence-corrected chi connectivity index (χ2v) is 5.84. The van der Waals surface area contributed by atoms with Crippen molar-refractivity contribution in [2.24, 2.45) is 0 Å². The molecule has 1 atom stereocenters. The van der Waals surface area contributed by atoms with Crippen LogP contribution in [-0.4, -0.2) is 16.3 Å². The maximum atomic E-state index is 13.1. The van der Waals surface area contributed by atoms with Gasteiger partial charge in [-0.2, -0.15) is 0 Å². The number of hydrogen-bond acceptors (Lipinski definition) is 3. The number of fused-ring (bicyclic) bond motifs is 1. The molecule has 0 bridgehead atoms. The summed E-state index contributed by atoms with van der Waals surface area (Å²) in [6.45, 7) is 2.49. The summed E-state index contributed by atoms with van der Waals surface area (Å²) in [4.78, 5) is 24.1. The van der Waals surface area contributed by atoms with Crippen molar-refractivity contribution >= 4 is 11.8 Å². The summed E-state index contributed by atoms with van der Waals surface area (Å²) in [5.74, 6) is -2.36. The van der Waals surface area contributed by atoms with Gasteiger partial charge >= 0.3 is 29.6 Å². The maximum Gasteiger partial charge on any atom is 1.00 e. The number of rotatable bonds is 5. The fourth-order valence-electron chi connectivity index (χ4n) is 3.27. The number of carbonyl (C=O) groups excluding carboxylic acids is 2. The molecular weight excluding hydrogens is 320 g/mol. The molecule has 1 aliphatic rings. The van der Waals surface area contributed by atoms with Crippen molar-refractivity contribution in [2.45, 2.75) is 38.6 Å². The molecule has 0 aliphatic carbocycles. The second-order valence-electron chi connectivity index (χ2n) is 5.84. The van der Waals surface area contributed by atoms with Gasteiger partial charge in [0.15, 0.2) is 0 Å². The second kappa shape index (κ2) is 7.64. The predicted molar refractivity (Wildman–Crippen MR) is 80.6 cm³/mol. The number of nitrogens with zero attached hydrogens (tertiary/aromatic N) is 1. The van der Waals surface area contributed by atoms with Crippen molar-refractivity contribution in [3.8, 4) is 0 Å². The molecule has 2 heterocycles. The number of aromatic nitrogens is 1. The Bertz CT molecular complexity index is 767. The van der Waals surface area contributed by atoms with Crippen molar-refractivity contribution in [2.75, 3.05) is 0 Å². The van der Waals surface area contributed by atoms with E-state index in [2.05, 4.69) is 0 Å². The van der Waals surface area contributed by atoms with Crippen LogP contribution >= 0.6 is 0 Å². The van der Waals surface area contributed by atoms with E-state index in [1.54, 1.807) is 4.57 Å². The number of halogens is 1. The zero-order valence-corrected chi connectivity index (χ0v) is 15.8. The van der Waals surface area contributed by atoms with E-state index in [4.69, 9.17) is 0 Å². The summed E-state index contributed by atoms with van der Waals surface area (Å²) in [5.41, 5.74) is 2.42. The van der Waals surface area contributed by atoms with E-state index in [0.29, 0.717) is 36.3 Å². The Labute approximate surface area is 162 Å². The van der Waals surface area contributed by atoms with Gasteiger partial charge in [0, 0.05) is 23.7 Å². The van der Waals surface area contributed by atoms with Gasteiger partial charge in [-0.15, -0.1) is 0 Å². The molecule has 1 aromatic heterocycles. The molecular formula is C18H17FNNaO3. The Kier molecular flexibility index (Phi) is 6.01. The van der Waals surface area contributed by atoms with Crippen LogP contribution in [-0.2, 0) is 17.8 Å². The maximum absolute atomic E-state index is 13.1. The standard InChI is InChI=1S/C18H18FNO3.Na/c1-2-3-12-10-15-14(18(22)23)8-9-20(15)16(12)17(21)11-4-6-13(19)7-5-11;/h4-7,10,14H,2-3,8-9H2,1H3,(H,22,23);/q;+1/p-1. The van der Waals surface area contributed by atoms with Crippen LogP contribution < -0.4 is 34.7 Å². The third kappa shape index (κ3) is 3.34. The van der Waals surface area contributed by atoms with Crippen LogP contribution in [0.15, 0.2) is 30.3 Å². The van der Waals surface area contributed by atoms with E-state index < -0.39 is 17.7 Å². The third-order valence-electron chi connectivity index (χ3n) is 4.33. The monoisotopic (exact) mass is 337 g/mol. The van der Waals surface area contributed by atoms with E-state index >= 15 is 0 Å². The Morgan fingerprint density at radius 3 is 2.54 bits per heavy atom. The average molecular weight is 337 g/mol. The first-order valence-electron chi connectivity index (χ1n) is 7.76. The molecule has 0 radical (unpaired) electrons. The summed E-state index contributed by atoms with van der Waals surface area (Å²) in [6.07, 6.45) is 1.99. The molecule has 24 heavy (non-hydrogen) atoms. The van der Waals surface area contributed by atoms with Gasteiger partial charge in [-0.25, -0.2) is 4.39 Å². The Balaban J connectivity index is 0.00000208. The fourth-order valence-corrected chi connectivity index (χ4v) is 3.27. The number of aliphatic carboxylic acids is 1. The number of carboxylic acid groups (broad SMARTS) is 1. The number of aryl methyl sites for hydroxylation is 1. The zero-order chi connectivity index (χ0) is 16.6. The van der Waals surface area contributed by atoms with Crippen LogP contribution in [0.2, 0.25) is 0 Å². The summed E-state index contributed by atoms with van der Waals surface area (Å²) < 4.78 is 14.9. The normalized spacial score (nSPS) is 15.7. The zero-order valence-electron chi connectivity index (χ0n) is 13.8. The minimum atomic E-state index is -1.11. The Hall–Kier alpha value is -1.43. The van der Waals surface area contributed by atoms with Gasteiger partial charge in [-0.05, 0) is 48.7 Å². The minimum Gasteiger partial charge on any atom is -0.549 e. The van der Waals surface area contributed by atoms with Crippen LogP contribution in [0, 0.1) is 5.82 Å². The molecule has 0 spiro atoms. The molecule has 4 nitrogen and oxygen atoms in total. The molecule has 6 heteroatoms. The molecule has 1 aliphatic heterocycles. The SMILES string of the molecule is CCCc1cc2n(c1C(=O)c1ccc(F)cc1)CCC2C(=O)[O-].[Na+]. The molecule has 120 valence electrons. The van der Waals surface area contributed by atoms with Crippen LogP contribution in [0.1, 0.15) is 53.0 Å². The van der Waals surface area contributed by atoms with Crippen molar-refractivity contribution in [3.05, 3.63) is 58.7 Å². The smallest absolute Gasteiger partial charge is 0.549 e. The number of carboxylic acids is 1. The quantitative estimate of drug-likeness (QED) is 0.522. The Morgan fingerprint density at radius 2 is 1.96 bits per heavy atom. The van der Waals surface area contributed by atoms with Gasteiger partial charge in [0.25, 0.3) is 0 Å². The van der Waals surface area contributed by atoms with E-state index in [1.807, 2.05) is 13.0 Å². The topological polar surface area (TPSA) is 62.1 Å². The average Bonchev–Trinajstić information content (AvgIpc) is 3.06. The third-order valence-corrected chi connectivity index (χ3v) is 4.33. The van der Waals surface area contributed by atoms with E-state index in [0.717, 1.165) is 12.0 Å². The molecule has 1 aromatic carbocycles. The molecule has 2 aromatic rings. The van der Waals surface area contributed by atoms with E-state index in [1.165, 1.54) is 24.3 Å². The number of benzene rings is 1. The van der Waals surface area contributed by atoms with Gasteiger partial charge in [-0.3, -0.25) is 4.79 Å². The summed E-state index contributed by atoms with van der Waals surface area (Å²) in [7, 11) is 0. The van der Waals surface area contributed by atoms with Crippen molar-refractivity contribution in [1.29, 1.82) is 0 Å².